The fourth-order valence-corrected chi connectivity index (χ4v) is 4.41. The molecule has 0 unspecified atom stereocenters. The third-order valence-electron chi connectivity index (χ3n) is 4.66. The van der Waals surface area contributed by atoms with E-state index in [2.05, 4.69) is 11.9 Å². The molecule has 1 saturated heterocycles. The van der Waals surface area contributed by atoms with Crippen LogP contribution in [0.5, 0.6) is 0 Å². The fourth-order valence-electron chi connectivity index (χ4n) is 3.16. The molecular weight excluding hydrogens is 420 g/mol. The predicted molar refractivity (Wildman–Crippen MR) is 122 cm³/mol. The molecule has 2 aromatic rings. The van der Waals surface area contributed by atoms with Crippen LogP contribution in [0.15, 0.2) is 45.2 Å². The van der Waals surface area contributed by atoms with Gasteiger partial charge in [-0.15, -0.1) is 6.58 Å². The zero-order chi connectivity index (χ0) is 21.8. The Labute approximate surface area is 183 Å². The van der Waals surface area contributed by atoms with Crippen LogP contribution >= 0.6 is 24.0 Å². The van der Waals surface area contributed by atoms with E-state index in [1.807, 2.05) is 19.1 Å². The lowest BCUT2D eigenvalue weighted by Gasteiger charge is -2.19. The number of nitrogens with zero attached hydrogens (tertiary/aromatic N) is 3. The van der Waals surface area contributed by atoms with Gasteiger partial charge in [-0.3, -0.25) is 19.1 Å². The largest absolute Gasteiger partial charge is 0.467 e. The summed E-state index contributed by atoms with van der Waals surface area (Å²) in [6, 6.07) is 5.59. The van der Waals surface area contributed by atoms with E-state index in [4.69, 9.17) is 16.6 Å². The summed E-state index contributed by atoms with van der Waals surface area (Å²) in [5.74, 6) is 0.980. The zero-order valence-corrected chi connectivity index (χ0v) is 18.2. The van der Waals surface area contributed by atoms with Crippen LogP contribution in [0.1, 0.15) is 29.4 Å². The van der Waals surface area contributed by atoms with Crippen molar-refractivity contribution in [3.05, 3.63) is 68.8 Å². The van der Waals surface area contributed by atoms with Gasteiger partial charge in [0.05, 0.1) is 17.7 Å². The highest BCUT2D eigenvalue weighted by atomic mass is 32.2. The smallest absolute Gasteiger partial charge is 0.270 e. The number of pyridine rings is 1. The van der Waals surface area contributed by atoms with Crippen molar-refractivity contribution in [3.8, 4) is 6.07 Å². The van der Waals surface area contributed by atoms with Gasteiger partial charge in [0.25, 0.3) is 11.5 Å². The van der Waals surface area contributed by atoms with Crippen molar-refractivity contribution in [3.63, 3.8) is 0 Å². The highest BCUT2D eigenvalue weighted by Crippen LogP contribution is 2.35. The molecular formula is C21H20N4O3S2. The molecule has 7 nitrogen and oxygen atoms in total. The lowest BCUT2D eigenvalue weighted by Crippen LogP contribution is -2.28. The van der Waals surface area contributed by atoms with Gasteiger partial charge in [0.2, 0.25) is 0 Å². The minimum absolute atomic E-state index is 0.0493. The van der Waals surface area contributed by atoms with E-state index in [0.717, 1.165) is 0 Å². The molecule has 3 rings (SSSR count). The number of amides is 1. The van der Waals surface area contributed by atoms with Crippen molar-refractivity contribution in [1.82, 2.24) is 9.47 Å². The molecule has 0 radical (unpaired) electrons. The summed E-state index contributed by atoms with van der Waals surface area (Å²) in [6.07, 6.45) is 4.87. The number of thiocarbonyl (C=S) groups is 1. The molecule has 1 aliphatic rings. The second kappa shape index (κ2) is 9.15. The van der Waals surface area contributed by atoms with Crippen LogP contribution in [0.2, 0.25) is 0 Å². The molecule has 2 aromatic heterocycles. The van der Waals surface area contributed by atoms with E-state index in [1.54, 1.807) is 31.4 Å². The summed E-state index contributed by atoms with van der Waals surface area (Å²) in [6.45, 7) is 8.20. The Kier molecular flexibility index (Phi) is 6.59. The summed E-state index contributed by atoms with van der Waals surface area (Å²) in [4.78, 5) is 27.5. The first kappa shape index (κ1) is 21.6. The summed E-state index contributed by atoms with van der Waals surface area (Å²) in [5, 5.41) is 12.8. The minimum Gasteiger partial charge on any atom is -0.467 e. The Hall–Kier alpha value is -3.09. The van der Waals surface area contributed by atoms with Crippen molar-refractivity contribution >= 4 is 46.1 Å². The van der Waals surface area contributed by atoms with Gasteiger partial charge in [0.1, 0.15) is 27.5 Å². The SMILES string of the molecule is C=CCN1C(=O)/C(=C/c2c(C)c(C#N)c(=O)n(CC)c2NCc2ccco2)SC1=S. The molecule has 0 aliphatic carbocycles. The quantitative estimate of drug-likeness (QED) is 0.399. The van der Waals surface area contributed by atoms with E-state index in [-0.39, 0.29) is 17.0 Å². The molecule has 0 aromatic carbocycles. The third kappa shape index (κ3) is 3.97. The van der Waals surface area contributed by atoms with Gasteiger partial charge in [-0.25, -0.2) is 0 Å². The summed E-state index contributed by atoms with van der Waals surface area (Å²) in [5.41, 5.74) is 0.769. The van der Waals surface area contributed by atoms with Crippen molar-refractivity contribution in [2.45, 2.75) is 26.9 Å². The average Bonchev–Trinajstić information content (AvgIpc) is 3.33. The number of furan rings is 1. The van der Waals surface area contributed by atoms with Crippen molar-refractivity contribution in [2.24, 2.45) is 0 Å². The molecule has 1 aliphatic heterocycles. The molecule has 0 saturated carbocycles. The van der Waals surface area contributed by atoms with Gasteiger partial charge in [0, 0.05) is 18.7 Å². The molecule has 154 valence electrons. The third-order valence-corrected chi connectivity index (χ3v) is 6.04. The lowest BCUT2D eigenvalue weighted by molar-refractivity contribution is -0.121. The highest BCUT2D eigenvalue weighted by molar-refractivity contribution is 8.26. The molecule has 0 spiro atoms. The molecule has 1 fully saturated rings. The maximum Gasteiger partial charge on any atom is 0.270 e. The van der Waals surface area contributed by atoms with Gasteiger partial charge in [-0.2, -0.15) is 5.26 Å². The molecule has 9 heteroatoms. The first-order chi connectivity index (χ1) is 14.4. The second-order valence-corrected chi connectivity index (χ2v) is 8.11. The first-order valence-corrected chi connectivity index (χ1v) is 10.4. The normalized spacial score (nSPS) is 15.0. The Morgan fingerprint density at radius 2 is 2.20 bits per heavy atom. The number of carbonyl (C=O) groups is 1. The first-order valence-electron chi connectivity index (χ1n) is 9.22. The monoisotopic (exact) mass is 440 g/mol. The minimum atomic E-state index is -0.379. The average molecular weight is 441 g/mol. The van der Waals surface area contributed by atoms with E-state index < -0.39 is 0 Å². The van der Waals surface area contributed by atoms with Crippen LogP contribution in [0, 0.1) is 18.3 Å². The Bertz CT molecular complexity index is 1140. The topological polar surface area (TPSA) is 91.3 Å². The molecule has 0 atom stereocenters. The number of thioether (sulfide) groups is 1. The molecule has 0 bridgehead atoms. The number of carbonyl (C=O) groups excluding carboxylic acids is 1. The fraction of sp³-hybridized carbons (Fsp3) is 0.238. The standard InChI is InChI=1S/C21H20N4O3S2/c1-4-8-25-20(27)17(30-21(25)29)10-15-13(3)16(11-22)19(26)24(5-2)18(15)23-12-14-7-6-9-28-14/h4,6-7,9-10,23H,1,5,8,12H2,2-3H3/b17-10-. The van der Waals surface area contributed by atoms with Gasteiger partial charge < -0.3 is 9.73 Å². The Balaban J connectivity index is 2.15. The number of nitrogens with one attached hydrogen (secondary N) is 1. The molecule has 1 amide bonds. The number of hydrogen-bond donors (Lipinski definition) is 1. The number of aromatic nitrogens is 1. The van der Waals surface area contributed by atoms with E-state index in [0.29, 0.717) is 51.6 Å². The summed E-state index contributed by atoms with van der Waals surface area (Å²) in [7, 11) is 0. The predicted octanol–water partition coefficient (Wildman–Crippen LogP) is 3.64. The van der Waals surface area contributed by atoms with Crippen LogP contribution in [0.25, 0.3) is 6.08 Å². The zero-order valence-electron chi connectivity index (χ0n) is 16.6. The number of anilines is 1. The lowest BCUT2D eigenvalue weighted by atomic mass is 10.0. The maximum atomic E-state index is 12.8. The molecule has 30 heavy (non-hydrogen) atoms. The summed E-state index contributed by atoms with van der Waals surface area (Å²) >= 11 is 6.49. The van der Waals surface area contributed by atoms with Crippen molar-refractivity contribution in [1.29, 1.82) is 5.26 Å². The van der Waals surface area contributed by atoms with Crippen LogP contribution in [0.3, 0.4) is 0 Å². The number of rotatable bonds is 7. The number of hydrogen-bond acceptors (Lipinski definition) is 7. The Morgan fingerprint density at radius 1 is 1.43 bits per heavy atom. The van der Waals surface area contributed by atoms with Crippen molar-refractivity contribution in [2.75, 3.05) is 11.9 Å². The van der Waals surface area contributed by atoms with Gasteiger partial charge >= 0.3 is 0 Å². The van der Waals surface area contributed by atoms with Gasteiger partial charge in [0.15, 0.2) is 0 Å². The van der Waals surface area contributed by atoms with Crippen LogP contribution in [-0.4, -0.2) is 26.2 Å². The van der Waals surface area contributed by atoms with Crippen LogP contribution in [0.4, 0.5) is 5.82 Å². The maximum absolute atomic E-state index is 12.8. The summed E-state index contributed by atoms with van der Waals surface area (Å²) < 4.78 is 7.30. The van der Waals surface area contributed by atoms with E-state index >= 15 is 0 Å². The Morgan fingerprint density at radius 3 is 2.80 bits per heavy atom. The molecule has 3 heterocycles. The van der Waals surface area contributed by atoms with E-state index in [9.17, 15) is 14.9 Å². The second-order valence-electron chi connectivity index (χ2n) is 6.44. The van der Waals surface area contributed by atoms with Gasteiger partial charge in [-0.05, 0) is 37.6 Å². The molecule has 1 N–H and O–H groups in total. The van der Waals surface area contributed by atoms with Gasteiger partial charge in [-0.1, -0.05) is 30.1 Å². The highest BCUT2D eigenvalue weighted by Gasteiger charge is 2.32. The van der Waals surface area contributed by atoms with Crippen molar-refractivity contribution < 1.29 is 9.21 Å². The van der Waals surface area contributed by atoms with E-state index in [1.165, 1.54) is 21.2 Å². The number of nitriles is 1. The van der Waals surface area contributed by atoms with Crippen LogP contribution in [-0.2, 0) is 17.9 Å². The van der Waals surface area contributed by atoms with Crippen LogP contribution < -0.4 is 10.9 Å².